The summed E-state index contributed by atoms with van der Waals surface area (Å²) in [6, 6.07) is 6.32. The number of carbonyl (C=O) groups excluding carboxylic acids is 1. The molecule has 1 aromatic carbocycles. The summed E-state index contributed by atoms with van der Waals surface area (Å²) in [5, 5.41) is 3.29. The Hall–Kier alpha value is -1.31. The number of hydrogen-bond acceptors (Lipinski definition) is 2. The smallest absolute Gasteiger partial charge is 0.166 e. The minimum atomic E-state index is 0.187. The maximum absolute atomic E-state index is 11.9. The molecule has 0 unspecified atom stereocenters. The van der Waals surface area contributed by atoms with Crippen molar-refractivity contribution in [2.45, 2.75) is 45.4 Å². The van der Waals surface area contributed by atoms with Crippen molar-refractivity contribution in [1.82, 2.24) is 0 Å². The molecular weight excluding hydrogens is 210 g/mol. The molecule has 0 saturated carbocycles. The van der Waals surface area contributed by atoms with Gasteiger partial charge in [-0.05, 0) is 36.0 Å². The Morgan fingerprint density at radius 3 is 2.65 bits per heavy atom. The minimum Gasteiger partial charge on any atom is -0.384 e. The lowest BCUT2D eigenvalue weighted by Crippen LogP contribution is -2.23. The van der Waals surface area contributed by atoms with Crippen molar-refractivity contribution >= 4 is 11.5 Å². The number of ketones is 1. The fourth-order valence-corrected chi connectivity index (χ4v) is 2.41. The summed E-state index contributed by atoms with van der Waals surface area (Å²) in [4.78, 5) is 11.9. The van der Waals surface area contributed by atoms with Crippen LogP contribution in [-0.2, 0) is 5.41 Å². The highest BCUT2D eigenvalue weighted by Crippen LogP contribution is 2.34. The monoisotopic (exact) mass is 231 g/mol. The Balaban J connectivity index is 2.45. The number of benzene rings is 1. The first-order chi connectivity index (χ1) is 8.10. The zero-order valence-corrected chi connectivity index (χ0v) is 11.0. The SMILES string of the molecule is CCC(C)(CC)c1ccc2c(c1)C(=O)CCN2. The number of Topliss-reactive ketones (excluding diaryl/α,β-unsaturated/α-hetero) is 1. The molecule has 17 heavy (non-hydrogen) atoms. The first-order valence-corrected chi connectivity index (χ1v) is 6.52. The van der Waals surface area contributed by atoms with E-state index in [4.69, 9.17) is 0 Å². The van der Waals surface area contributed by atoms with E-state index in [1.807, 2.05) is 0 Å². The van der Waals surface area contributed by atoms with Gasteiger partial charge in [-0.1, -0.05) is 26.8 Å². The van der Waals surface area contributed by atoms with Crippen LogP contribution in [0.25, 0.3) is 0 Å². The summed E-state index contributed by atoms with van der Waals surface area (Å²) in [6.45, 7) is 7.46. The number of carbonyl (C=O) groups is 1. The highest BCUT2D eigenvalue weighted by molar-refractivity contribution is 6.03. The van der Waals surface area contributed by atoms with Gasteiger partial charge < -0.3 is 5.32 Å². The Morgan fingerprint density at radius 2 is 2.00 bits per heavy atom. The average Bonchev–Trinajstić information content (AvgIpc) is 2.38. The van der Waals surface area contributed by atoms with Crippen molar-refractivity contribution in [3.8, 4) is 0 Å². The van der Waals surface area contributed by atoms with E-state index < -0.39 is 0 Å². The molecule has 1 aliphatic rings. The summed E-state index contributed by atoms with van der Waals surface area (Å²) in [5.74, 6) is 0.273. The molecule has 0 fully saturated rings. The molecule has 0 atom stereocenters. The molecular formula is C15H21NO. The number of rotatable bonds is 3. The van der Waals surface area contributed by atoms with Crippen LogP contribution >= 0.6 is 0 Å². The molecule has 0 aromatic heterocycles. The van der Waals surface area contributed by atoms with E-state index in [9.17, 15) is 4.79 Å². The van der Waals surface area contributed by atoms with E-state index in [0.29, 0.717) is 6.42 Å². The second kappa shape index (κ2) is 4.52. The van der Waals surface area contributed by atoms with Crippen molar-refractivity contribution in [2.75, 3.05) is 11.9 Å². The van der Waals surface area contributed by atoms with Gasteiger partial charge in [-0.3, -0.25) is 4.79 Å². The van der Waals surface area contributed by atoms with Crippen LogP contribution in [0, 0.1) is 0 Å². The van der Waals surface area contributed by atoms with Gasteiger partial charge >= 0.3 is 0 Å². The number of fused-ring (bicyclic) bond motifs is 1. The lowest BCUT2D eigenvalue weighted by molar-refractivity contribution is 0.0983. The minimum absolute atomic E-state index is 0.187. The van der Waals surface area contributed by atoms with Crippen LogP contribution in [0.5, 0.6) is 0 Å². The number of anilines is 1. The summed E-state index contributed by atoms with van der Waals surface area (Å²) < 4.78 is 0. The van der Waals surface area contributed by atoms with Gasteiger partial charge in [0.2, 0.25) is 0 Å². The summed E-state index contributed by atoms with van der Waals surface area (Å²) in [5.41, 5.74) is 3.35. The van der Waals surface area contributed by atoms with Crippen molar-refractivity contribution in [1.29, 1.82) is 0 Å². The van der Waals surface area contributed by atoms with Gasteiger partial charge in [0.05, 0.1) is 0 Å². The molecule has 92 valence electrons. The van der Waals surface area contributed by atoms with E-state index >= 15 is 0 Å². The first kappa shape index (κ1) is 12.2. The molecule has 2 heteroatoms. The van der Waals surface area contributed by atoms with E-state index in [2.05, 4.69) is 44.3 Å². The molecule has 2 nitrogen and oxygen atoms in total. The maximum Gasteiger partial charge on any atom is 0.166 e. The van der Waals surface area contributed by atoms with Crippen molar-refractivity contribution in [3.63, 3.8) is 0 Å². The van der Waals surface area contributed by atoms with Gasteiger partial charge in [-0.2, -0.15) is 0 Å². The van der Waals surface area contributed by atoms with Crippen LogP contribution in [0.1, 0.15) is 56.0 Å². The summed E-state index contributed by atoms with van der Waals surface area (Å²) >= 11 is 0. The lowest BCUT2D eigenvalue weighted by Gasteiger charge is -2.29. The molecule has 1 aliphatic heterocycles. The lowest BCUT2D eigenvalue weighted by atomic mass is 9.77. The Kier molecular flexibility index (Phi) is 3.23. The highest BCUT2D eigenvalue weighted by Gasteiger charge is 2.25. The zero-order chi connectivity index (χ0) is 12.5. The van der Waals surface area contributed by atoms with Gasteiger partial charge in [-0.15, -0.1) is 0 Å². The van der Waals surface area contributed by atoms with Crippen LogP contribution in [0.15, 0.2) is 18.2 Å². The molecule has 0 saturated heterocycles. The van der Waals surface area contributed by atoms with Crippen LogP contribution < -0.4 is 5.32 Å². The van der Waals surface area contributed by atoms with Crippen molar-refractivity contribution in [2.24, 2.45) is 0 Å². The van der Waals surface area contributed by atoms with Crippen LogP contribution in [0.3, 0.4) is 0 Å². The zero-order valence-electron chi connectivity index (χ0n) is 11.0. The van der Waals surface area contributed by atoms with E-state index in [0.717, 1.165) is 30.6 Å². The molecule has 2 rings (SSSR count). The molecule has 0 bridgehead atoms. The standard InChI is InChI=1S/C15H21NO/c1-4-15(3,5-2)11-6-7-13-12(10-11)14(17)8-9-16-13/h6-7,10,16H,4-5,8-9H2,1-3H3. The number of nitrogens with one attached hydrogen (secondary N) is 1. The number of hydrogen-bond donors (Lipinski definition) is 1. The fourth-order valence-electron chi connectivity index (χ4n) is 2.41. The topological polar surface area (TPSA) is 29.1 Å². The van der Waals surface area contributed by atoms with Gasteiger partial charge in [0.1, 0.15) is 0 Å². The van der Waals surface area contributed by atoms with E-state index in [1.54, 1.807) is 0 Å². The predicted octanol–water partition coefficient (Wildman–Crippen LogP) is 3.76. The van der Waals surface area contributed by atoms with Crippen LogP contribution in [0.4, 0.5) is 5.69 Å². The quantitative estimate of drug-likeness (QED) is 0.858. The largest absolute Gasteiger partial charge is 0.384 e. The molecule has 1 aromatic rings. The Bertz CT molecular complexity index is 433. The molecule has 0 radical (unpaired) electrons. The normalized spacial score (nSPS) is 15.4. The van der Waals surface area contributed by atoms with Crippen LogP contribution in [0.2, 0.25) is 0 Å². The fraction of sp³-hybridized carbons (Fsp3) is 0.533. The summed E-state index contributed by atoms with van der Waals surface area (Å²) in [7, 11) is 0. The average molecular weight is 231 g/mol. The van der Waals surface area contributed by atoms with Crippen molar-refractivity contribution < 1.29 is 4.79 Å². The molecule has 1 heterocycles. The van der Waals surface area contributed by atoms with Crippen molar-refractivity contribution in [3.05, 3.63) is 29.3 Å². The molecule has 0 aliphatic carbocycles. The van der Waals surface area contributed by atoms with Gasteiger partial charge in [0.25, 0.3) is 0 Å². The molecule has 0 amide bonds. The van der Waals surface area contributed by atoms with E-state index in [-0.39, 0.29) is 11.2 Å². The summed E-state index contributed by atoms with van der Waals surface area (Å²) in [6.07, 6.45) is 2.82. The highest BCUT2D eigenvalue weighted by atomic mass is 16.1. The van der Waals surface area contributed by atoms with E-state index in [1.165, 1.54) is 5.56 Å². The third-order valence-corrected chi connectivity index (χ3v) is 4.25. The predicted molar refractivity (Wildman–Crippen MR) is 71.8 cm³/mol. The second-order valence-corrected chi connectivity index (χ2v) is 5.13. The molecule has 1 N–H and O–H groups in total. The van der Waals surface area contributed by atoms with Gasteiger partial charge in [0.15, 0.2) is 5.78 Å². The first-order valence-electron chi connectivity index (χ1n) is 6.52. The second-order valence-electron chi connectivity index (χ2n) is 5.13. The third-order valence-electron chi connectivity index (χ3n) is 4.25. The van der Waals surface area contributed by atoms with Gasteiger partial charge in [-0.25, -0.2) is 0 Å². The Labute approximate surface area is 103 Å². The Morgan fingerprint density at radius 1 is 1.29 bits per heavy atom. The maximum atomic E-state index is 11.9. The van der Waals surface area contributed by atoms with Gasteiger partial charge in [0, 0.05) is 24.2 Å². The van der Waals surface area contributed by atoms with Crippen LogP contribution in [-0.4, -0.2) is 12.3 Å². The molecule has 0 spiro atoms. The third kappa shape index (κ3) is 2.08.